The highest BCUT2D eigenvalue weighted by molar-refractivity contribution is 7.15. The van der Waals surface area contributed by atoms with E-state index in [2.05, 4.69) is 4.98 Å². The molecule has 0 amide bonds. The van der Waals surface area contributed by atoms with Crippen molar-refractivity contribution in [3.8, 4) is 10.4 Å². The van der Waals surface area contributed by atoms with Gasteiger partial charge in [0.2, 0.25) is 5.95 Å². The van der Waals surface area contributed by atoms with Crippen molar-refractivity contribution >= 4 is 11.3 Å². The van der Waals surface area contributed by atoms with Crippen LogP contribution in [0.25, 0.3) is 10.4 Å². The molecule has 8 heteroatoms. The molecular formula is C25H26FNO5S. The summed E-state index contributed by atoms with van der Waals surface area (Å²) in [5, 5.41) is 21.7. The maximum absolute atomic E-state index is 13.1. The van der Waals surface area contributed by atoms with Crippen molar-refractivity contribution in [2.75, 3.05) is 0 Å². The summed E-state index contributed by atoms with van der Waals surface area (Å²) >= 11 is 1.62. The number of fused-ring (bicyclic) bond motifs is 1. The average molecular weight is 472 g/mol. The molecule has 2 saturated heterocycles. The predicted molar refractivity (Wildman–Crippen MR) is 121 cm³/mol. The molecule has 2 N–H and O–H groups in total. The molecule has 2 aromatic heterocycles. The van der Waals surface area contributed by atoms with Crippen LogP contribution in [0, 0.1) is 12.9 Å². The first kappa shape index (κ1) is 22.6. The number of halogens is 1. The molecule has 33 heavy (non-hydrogen) atoms. The maximum Gasteiger partial charge on any atom is 0.212 e. The summed E-state index contributed by atoms with van der Waals surface area (Å²) in [4.78, 5) is 5.88. The van der Waals surface area contributed by atoms with Gasteiger partial charge in [-0.2, -0.15) is 4.39 Å². The number of nitrogens with zero attached hydrogens (tertiary/aromatic N) is 1. The zero-order valence-electron chi connectivity index (χ0n) is 18.6. The molecule has 0 radical (unpaired) electrons. The van der Waals surface area contributed by atoms with Crippen molar-refractivity contribution in [3.05, 3.63) is 76.2 Å². The first-order valence-corrected chi connectivity index (χ1v) is 11.7. The van der Waals surface area contributed by atoms with Crippen LogP contribution in [0.1, 0.15) is 41.5 Å². The zero-order valence-corrected chi connectivity index (χ0v) is 19.4. The number of hydrogen-bond donors (Lipinski definition) is 2. The maximum atomic E-state index is 13.1. The summed E-state index contributed by atoms with van der Waals surface area (Å²) in [5.74, 6) is -1.32. The van der Waals surface area contributed by atoms with E-state index in [9.17, 15) is 14.6 Å². The Morgan fingerprint density at radius 3 is 2.70 bits per heavy atom. The van der Waals surface area contributed by atoms with Gasteiger partial charge in [-0.3, -0.25) is 0 Å². The third kappa shape index (κ3) is 4.47. The molecule has 2 fully saturated rings. The summed E-state index contributed by atoms with van der Waals surface area (Å²) in [6.45, 7) is 5.56. The number of pyridine rings is 1. The van der Waals surface area contributed by atoms with Gasteiger partial charge in [-0.05, 0) is 61.7 Å². The van der Waals surface area contributed by atoms with Gasteiger partial charge in [0, 0.05) is 27.9 Å². The number of ether oxygens (including phenoxy) is 3. The number of aryl methyl sites for hydroxylation is 1. The lowest BCUT2D eigenvalue weighted by Crippen LogP contribution is -2.37. The Balaban J connectivity index is 1.32. The van der Waals surface area contributed by atoms with E-state index in [1.165, 1.54) is 12.3 Å². The quantitative estimate of drug-likeness (QED) is 0.545. The van der Waals surface area contributed by atoms with Gasteiger partial charge < -0.3 is 24.4 Å². The van der Waals surface area contributed by atoms with E-state index in [1.54, 1.807) is 31.3 Å². The van der Waals surface area contributed by atoms with E-state index in [-0.39, 0.29) is 0 Å². The molecule has 174 valence electrons. The van der Waals surface area contributed by atoms with Gasteiger partial charge >= 0.3 is 0 Å². The van der Waals surface area contributed by atoms with Crippen LogP contribution in [0.3, 0.4) is 0 Å². The number of rotatable bonds is 5. The minimum atomic E-state index is -1.02. The Morgan fingerprint density at radius 2 is 1.97 bits per heavy atom. The van der Waals surface area contributed by atoms with Gasteiger partial charge in [-0.1, -0.05) is 18.2 Å². The third-order valence-electron chi connectivity index (χ3n) is 6.12. The van der Waals surface area contributed by atoms with Crippen molar-refractivity contribution < 1.29 is 28.8 Å². The molecule has 0 spiro atoms. The predicted octanol–water partition coefficient (Wildman–Crippen LogP) is 4.12. The van der Waals surface area contributed by atoms with Crippen LogP contribution in [0.2, 0.25) is 0 Å². The van der Waals surface area contributed by atoms with E-state index in [0.717, 1.165) is 26.4 Å². The van der Waals surface area contributed by atoms with E-state index in [4.69, 9.17) is 14.2 Å². The van der Waals surface area contributed by atoms with Crippen molar-refractivity contribution in [3.63, 3.8) is 0 Å². The standard InChI is InChI=1S/C25H26FNO5S/c1-13-4-5-14(20(28)22-21(29)23-24(30-22)32-25(2,3)31-23)10-16(13)11-17-7-8-18(33-17)15-6-9-19(26)27-12-15/h4-10,12,20-24,28-29H,11H2,1-3H3. The Bertz CT molecular complexity index is 1150. The Kier molecular flexibility index (Phi) is 5.84. The topological polar surface area (TPSA) is 81.0 Å². The fourth-order valence-electron chi connectivity index (χ4n) is 4.37. The van der Waals surface area contributed by atoms with Crippen LogP contribution < -0.4 is 0 Å². The number of aliphatic hydroxyl groups is 2. The lowest BCUT2D eigenvalue weighted by molar-refractivity contribution is -0.226. The lowest BCUT2D eigenvalue weighted by Gasteiger charge is -2.26. The van der Waals surface area contributed by atoms with Crippen LogP contribution in [0.5, 0.6) is 0 Å². The van der Waals surface area contributed by atoms with Crippen molar-refractivity contribution in [2.45, 2.75) is 63.7 Å². The number of aliphatic hydroxyl groups excluding tert-OH is 2. The van der Waals surface area contributed by atoms with Gasteiger partial charge in [-0.25, -0.2) is 4.98 Å². The van der Waals surface area contributed by atoms with Crippen LogP contribution in [-0.2, 0) is 20.6 Å². The fraction of sp³-hybridized carbons (Fsp3) is 0.400. The van der Waals surface area contributed by atoms with Gasteiger partial charge in [0.05, 0.1) is 0 Å². The van der Waals surface area contributed by atoms with Crippen molar-refractivity contribution in [1.82, 2.24) is 4.98 Å². The molecule has 2 aliphatic rings. The highest BCUT2D eigenvalue weighted by Gasteiger charge is 2.56. The summed E-state index contributed by atoms with van der Waals surface area (Å²) in [5.41, 5.74) is 3.71. The van der Waals surface area contributed by atoms with Crippen LogP contribution in [-0.4, -0.2) is 45.6 Å². The molecule has 5 unspecified atom stereocenters. The molecule has 5 rings (SSSR count). The minimum Gasteiger partial charge on any atom is -0.387 e. The van der Waals surface area contributed by atoms with Crippen LogP contribution in [0.4, 0.5) is 4.39 Å². The number of benzene rings is 1. The first-order valence-electron chi connectivity index (χ1n) is 10.9. The molecular weight excluding hydrogens is 445 g/mol. The van der Waals surface area contributed by atoms with Gasteiger partial charge in [0.25, 0.3) is 0 Å². The molecule has 2 aliphatic heterocycles. The Labute approximate surface area is 195 Å². The van der Waals surface area contributed by atoms with Gasteiger partial charge in [0.1, 0.15) is 24.4 Å². The van der Waals surface area contributed by atoms with Crippen LogP contribution >= 0.6 is 11.3 Å². The summed E-state index contributed by atoms with van der Waals surface area (Å²) in [6, 6.07) is 12.9. The van der Waals surface area contributed by atoms with Crippen LogP contribution in [0.15, 0.2) is 48.7 Å². The van der Waals surface area contributed by atoms with E-state index in [0.29, 0.717) is 12.0 Å². The van der Waals surface area contributed by atoms with E-state index < -0.39 is 42.4 Å². The van der Waals surface area contributed by atoms with E-state index in [1.807, 2.05) is 37.3 Å². The van der Waals surface area contributed by atoms with Gasteiger partial charge in [-0.15, -0.1) is 11.3 Å². The monoisotopic (exact) mass is 471 g/mol. The normalized spacial score (nSPS) is 27.0. The number of aromatic nitrogens is 1. The molecule has 0 saturated carbocycles. The van der Waals surface area contributed by atoms with Crippen molar-refractivity contribution in [2.24, 2.45) is 0 Å². The Hall–Kier alpha value is -2.20. The minimum absolute atomic E-state index is 0.497. The second-order valence-corrected chi connectivity index (χ2v) is 10.2. The number of hydrogen-bond acceptors (Lipinski definition) is 7. The summed E-state index contributed by atoms with van der Waals surface area (Å²) < 4.78 is 30.4. The molecule has 5 atom stereocenters. The number of thiophene rings is 1. The molecule has 1 aromatic carbocycles. The SMILES string of the molecule is Cc1ccc(C(O)C2OC3OC(C)(C)OC3C2O)cc1Cc1ccc(-c2ccc(F)nc2)s1. The van der Waals surface area contributed by atoms with Crippen molar-refractivity contribution in [1.29, 1.82) is 0 Å². The fourth-order valence-corrected chi connectivity index (χ4v) is 5.39. The highest BCUT2D eigenvalue weighted by atomic mass is 32.1. The van der Waals surface area contributed by atoms with E-state index >= 15 is 0 Å². The molecule has 4 heterocycles. The third-order valence-corrected chi connectivity index (χ3v) is 7.25. The zero-order chi connectivity index (χ0) is 23.3. The lowest BCUT2D eigenvalue weighted by atomic mass is 9.94. The largest absolute Gasteiger partial charge is 0.387 e. The molecule has 6 nitrogen and oxygen atoms in total. The first-order chi connectivity index (χ1) is 15.7. The molecule has 0 bridgehead atoms. The summed E-state index contributed by atoms with van der Waals surface area (Å²) in [6.07, 6.45) is -1.98. The second-order valence-electron chi connectivity index (χ2n) is 9.00. The van der Waals surface area contributed by atoms with Gasteiger partial charge in [0.15, 0.2) is 12.1 Å². The second kappa shape index (κ2) is 8.54. The Morgan fingerprint density at radius 1 is 1.15 bits per heavy atom. The highest BCUT2D eigenvalue weighted by Crippen LogP contribution is 2.41. The smallest absolute Gasteiger partial charge is 0.212 e. The average Bonchev–Trinajstić information content (AvgIpc) is 3.44. The molecule has 3 aromatic rings. The summed E-state index contributed by atoms with van der Waals surface area (Å²) in [7, 11) is 0. The molecule has 0 aliphatic carbocycles.